The van der Waals surface area contributed by atoms with Crippen LogP contribution in [0.2, 0.25) is 0 Å². The minimum atomic E-state index is 0.718. The molecule has 0 aliphatic heterocycles. The third kappa shape index (κ3) is 3.59. The van der Waals surface area contributed by atoms with Gasteiger partial charge in [0.2, 0.25) is 0 Å². The molecule has 0 amide bonds. The molecular weight excluding hydrogens is 162 g/mol. The van der Waals surface area contributed by atoms with Gasteiger partial charge in [0.1, 0.15) is 5.82 Å². The van der Waals surface area contributed by atoms with E-state index in [9.17, 15) is 0 Å². The Labute approximate surface area is 80.0 Å². The van der Waals surface area contributed by atoms with Crippen LogP contribution in [0.5, 0.6) is 0 Å². The molecule has 1 atom stereocenters. The molecule has 2 N–H and O–H groups in total. The summed E-state index contributed by atoms with van der Waals surface area (Å²) in [6.45, 7) is 8.65. The maximum atomic E-state index is 4.14. The van der Waals surface area contributed by atoms with Gasteiger partial charge in [-0.15, -0.1) is 0 Å². The highest BCUT2D eigenvalue weighted by Gasteiger charge is 2.05. The van der Waals surface area contributed by atoms with Gasteiger partial charge < -0.3 is 10.3 Å². The van der Waals surface area contributed by atoms with Crippen molar-refractivity contribution >= 4 is 0 Å². The summed E-state index contributed by atoms with van der Waals surface area (Å²) < 4.78 is 0. The predicted molar refractivity (Wildman–Crippen MR) is 54.3 cm³/mol. The normalized spacial score (nSPS) is 13.5. The zero-order chi connectivity index (χ0) is 9.68. The number of hydrogen-bond donors (Lipinski definition) is 2. The topological polar surface area (TPSA) is 40.7 Å². The monoisotopic (exact) mass is 181 g/mol. The van der Waals surface area contributed by atoms with Crippen LogP contribution >= 0.6 is 0 Å². The highest BCUT2D eigenvalue weighted by atomic mass is 15.0. The van der Waals surface area contributed by atoms with E-state index < -0.39 is 0 Å². The van der Waals surface area contributed by atoms with Gasteiger partial charge in [-0.3, -0.25) is 0 Å². The SMILES string of the molecule is CC(C)C(C)CNCc1ncc[nH]1. The number of nitrogens with one attached hydrogen (secondary N) is 2. The summed E-state index contributed by atoms with van der Waals surface area (Å²) in [7, 11) is 0. The molecule has 1 aromatic heterocycles. The van der Waals surface area contributed by atoms with Crippen molar-refractivity contribution in [1.29, 1.82) is 0 Å². The van der Waals surface area contributed by atoms with Crippen molar-refractivity contribution in [2.75, 3.05) is 6.54 Å². The van der Waals surface area contributed by atoms with Crippen LogP contribution in [0, 0.1) is 11.8 Å². The lowest BCUT2D eigenvalue weighted by atomic mass is 9.98. The van der Waals surface area contributed by atoms with Gasteiger partial charge >= 0.3 is 0 Å². The molecule has 0 fully saturated rings. The molecule has 0 aliphatic carbocycles. The highest BCUT2D eigenvalue weighted by molar-refractivity contribution is 4.85. The first-order valence-electron chi connectivity index (χ1n) is 4.89. The van der Waals surface area contributed by atoms with Crippen molar-refractivity contribution in [3.8, 4) is 0 Å². The summed E-state index contributed by atoms with van der Waals surface area (Å²) >= 11 is 0. The number of hydrogen-bond acceptors (Lipinski definition) is 2. The molecule has 0 saturated heterocycles. The van der Waals surface area contributed by atoms with Crippen molar-refractivity contribution in [2.45, 2.75) is 27.3 Å². The van der Waals surface area contributed by atoms with Crippen LogP contribution in [0.15, 0.2) is 12.4 Å². The molecule has 3 heteroatoms. The average Bonchev–Trinajstić information content (AvgIpc) is 2.56. The van der Waals surface area contributed by atoms with E-state index in [1.807, 2.05) is 6.20 Å². The van der Waals surface area contributed by atoms with Crippen LogP contribution in [-0.2, 0) is 6.54 Å². The number of imidazole rings is 1. The average molecular weight is 181 g/mol. The Morgan fingerprint density at radius 2 is 2.23 bits per heavy atom. The predicted octanol–water partition coefficient (Wildman–Crippen LogP) is 1.79. The Hall–Kier alpha value is -0.830. The minimum absolute atomic E-state index is 0.718. The van der Waals surface area contributed by atoms with E-state index in [4.69, 9.17) is 0 Å². The van der Waals surface area contributed by atoms with Crippen molar-refractivity contribution in [3.05, 3.63) is 18.2 Å². The number of H-pyrrole nitrogens is 1. The summed E-state index contributed by atoms with van der Waals surface area (Å²) in [4.78, 5) is 7.21. The first-order chi connectivity index (χ1) is 6.20. The lowest BCUT2D eigenvalue weighted by Gasteiger charge is -2.15. The molecule has 3 nitrogen and oxygen atoms in total. The van der Waals surface area contributed by atoms with Crippen LogP contribution < -0.4 is 5.32 Å². The van der Waals surface area contributed by atoms with E-state index in [1.165, 1.54) is 0 Å². The third-order valence-electron chi connectivity index (χ3n) is 2.45. The van der Waals surface area contributed by atoms with Crippen LogP contribution in [0.1, 0.15) is 26.6 Å². The zero-order valence-corrected chi connectivity index (χ0v) is 8.67. The Morgan fingerprint density at radius 3 is 2.77 bits per heavy atom. The maximum absolute atomic E-state index is 4.14. The van der Waals surface area contributed by atoms with E-state index in [0.29, 0.717) is 0 Å². The Balaban J connectivity index is 2.14. The second-order valence-corrected chi connectivity index (χ2v) is 3.89. The lowest BCUT2D eigenvalue weighted by Crippen LogP contribution is -2.24. The van der Waals surface area contributed by atoms with Gasteiger partial charge in [-0.25, -0.2) is 4.98 Å². The van der Waals surface area contributed by atoms with Gasteiger partial charge in [0.25, 0.3) is 0 Å². The number of nitrogens with zero attached hydrogens (tertiary/aromatic N) is 1. The molecule has 1 aromatic rings. The first kappa shape index (κ1) is 10.3. The summed E-state index contributed by atoms with van der Waals surface area (Å²) in [6, 6.07) is 0. The largest absolute Gasteiger partial charge is 0.348 e. The van der Waals surface area contributed by atoms with Crippen molar-refractivity contribution in [1.82, 2.24) is 15.3 Å². The quantitative estimate of drug-likeness (QED) is 0.727. The van der Waals surface area contributed by atoms with Crippen LogP contribution in [0.4, 0.5) is 0 Å². The first-order valence-corrected chi connectivity index (χ1v) is 4.89. The fraction of sp³-hybridized carbons (Fsp3) is 0.700. The summed E-state index contributed by atoms with van der Waals surface area (Å²) in [5.74, 6) is 2.47. The summed E-state index contributed by atoms with van der Waals surface area (Å²) in [5.41, 5.74) is 0. The number of aromatic amines is 1. The van der Waals surface area contributed by atoms with Gasteiger partial charge in [0, 0.05) is 12.4 Å². The molecule has 1 unspecified atom stereocenters. The summed E-state index contributed by atoms with van der Waals surface area (Å²) in [5, 5.41) is 3.38. The van der Waals surface area contributed by atoms with Gasteiger partial charge in [-0.05, 0) is 18.4 Å². The second-order valence-electron chi connectivity index (χ2n) is 3.89. The molecule has 13 heavy (non-hydrogen) atoms. The van der Waals surface area contributed by atoms with Crippen molar-refractivity contribution in [2.24, 2.45) is 11.8 Å². The third-order valence-corrected chi connectivity index (χ3v) is 2.45. The highest BCUT2D eigenvalue weighted by Crippen LogP contribution is 2.07. The van der Waals surface area contributed by atoms with Crippen LogP contribution in [0.3, 0.4) is 0 Å². The van der Waals surface area contributed by atoms with E-state index in [2.05, 4.69) is 36.1 Å². The second kappa shape index (κ2) is 5.02. The zero-order valence-electron chi connectivity index (χ0n) is 8.67. The fourth-order valence-electron chi connectivity index (χ4n) is 1.05. The molecular formula is C10H19N3. The van der Waals surface area contributed by atoms with E-state index in [1.54, 1.807) is 6.20 Å². The van der Waals surface area contributed by atoms with Gasteiger partial charge in [-0.1, -0.05) is 20.8 Å². The molecule has 0 bridgehead atoms. The minimum Gasteiger partial charge on any atom is -0.348 e. The molecule has 0 saturated carbocycles. The molecule has 0 radical (unpaired) electrons. The van der Waals surface area contributed by atoms with Crippen molar-refractivity contribution in [3.63, 3.8) is 0 Å². The standard InChI is InChI=1S/C10H19N3/c1-8(2)9(3)6-11-7-10-12-4-5-13-10/h4-5,8-9,11H,6-7H2,1-3H3,(H,12,13). The Kier molecular flexibility index (Phi) is 3.96. The van der Waals surface area contributed by atoms with Crippen LogP contribution in [0.25, 0.3) is 0 Å². The molecule has 0 aliphatic rings. The molecule has 0 aromatic carbocycles. The lowest BCUT2D eigenvalue weighted by molar-refractivity contribution is 0.391. The maximum Gasteiger partial charge on any atom is 0.120 e. The van der Waals surface area contributed by atoms with E-state index >= 15 is 0 Å². The van der Waals surface area contributed by atoms with E-state index in [-0.39, 0.29) is 0 Å². The van der Waals surface area contributed by atoms with Gasteiger partial charge in [0.15, 0.2) is 0 Å². The molecule has 1 rings (SSSR count). The molecule has 1 heterocycles. The summed E-state index contributed by atoms with van der Waals surface area (Å²) in [6.07, 6.45) is 3.63. The molecule has 0 spiro atoms. The molecule has 74 valence electrons. The van der Waals surface area contributed by atoms with Crippen molar-refractivity contribution < 1.29 is 0 Å². The van der Waals surface area contributed by atoms with E-state index in [0.717, 1.165) is 30.7 Å². The number of rotatable bonds is 5. The van der Waals surface area contributed by atoms with Gasteiger partial charge in [0.05, 0.1) is 6.54 Å². The Bertz CT molecular complexity index is 216. The van der Waals surface area contributed by atoms with Gasteiger partial charge in [-0.2, -0.15) is 0 Å². The number of aromatic nitrogens is 2. The fourth-order valence-corrected chi connectivity index (χ4v) is 1.05. The Morgan fingerprint density at radius 1 is 1.46 bits per heavy atom. The smallest absolute Gasteiger partial charge is 0.120 e. The van der Waals surface area contributed by atoms with Crippen LogP contribution in [-0.4, -0.2) is 16.5 Å².